The number of likely N-dealkylation sites (tertiary alicyclic amines) is 1. The summed E-state index contributed by atoms with van der Waals surface area (Å²) in [6.45, 7) is 5.84. The van der Waals surface area contributed by atoms with Crippen LogP contribution in [0.3, 0.4) is 0 Å². The first-order valence-corrected chi connectivity index (χ1v) is 13.3. The number of thiazole rings is 1. The van der Waals surface area contributed by atoms with Crippen molar-refractivity contribution in [2.45, 2.75) is 64.1 Å². The number of benzene rings is 2. The van der Waals surface area contributed by atoms with Gasteiger partial charge in [-0.15, -0.1) is 0 Å². The van der Waals surface area contributed by atoms with Gasteiger partial charge in [-0.1, -0.05) is 41.7 Å². The number of amides is 2. The van der Waals surface area contributed by atoms with E-state index in [0.717, 1.165) is 39.7 Å². The third-order valence-electron chi connectivity index (χ3n) is 6.43. The molecule has 1 aliphatic rings. The summed E-state index contributed by atoms with van der Waals surface area (Å²) >= 11 is 1.22. The standard InChI is InChI=1S/C28H32N4O4S/c1-28(2,3)36-26(34)32-14-6-5-7-23(32)25(33)30-21(17-29)15-18-8-10-19(11-9-18)20-12-13-22-24(16-20)37-27(35)31(22)4/h8-13,16,21,23H,5-7,14-15H2,1-4H3,(H,30,33)/t21-,23-/m0/s1. The average Bonchev–Trinajstić information content (AvgIpc) is 3.15. The van der Waals surface area contributed by atoms with E-state index in [9.17, 15) is 19.6 Å². The molecule has 1 fully saturated rings. The number of nitrogens with one attached hydrogen (secondary N) is 1. The van der Waals surface area contributed by atoms with Crippen molar-refractivity contribution in [3.05, 3.63) is 57.7 Å². The Labute approximate surface area is 220 Å². The zero-order valence-corrected chi connectivity index (χ0v) is 22.4. The predicted molar refractivity (Wildman–Crippen MR) is 144 cm³/mol. The molecular formula is C28H32N4O4S. The summed E-state index contributed by atoms with van der Waals surface area (Å²) in [6.07, 6.45) is 2.03. The molecule has 2 amide bonds. The third kappa shape index (κ3) is 6.20. The molecule has 3 aromatic rings. The predicted octanol–water partition coefficient (Wildman–Crippen LogP) is 4.61. The second-order valence-electron chi connectivity index (χ2n) is 10.4. The SMILES string of the molecule is Cn1c(=O)sc2cc(-c3ccc(C[C@@H](C#N)NC(=O)[C@@H]4CCCCN4C(=O)OC(C)(C)C)cc3)ccc21. The molecule has 0 spiro atoms. The topological polar surface area (TPSA) is 104 Å². The molecule has 2 aromatic carbocycles. The summed E-state index contributed by atoms with van der Waals surface area (Å²) in [6, 6.07) is 14.6. The van der Waals surface area contributed by atoms with E-state index in [1.165, 1.54) is 16.2 Å². The molecule has 9 heteroatoms. The number of hydrogen-bond acceptors (Lipinski definition) is 6. The van der Waals surface area contributed by atoms with Gasteiger partial charge in [-0.05, 0) is 68.9 Å². The van der Waals surface area contributed by atoms with Gasteiger partial charge >= 0.3 is 11.0 Å². The highest BCUT2D eigenvalue weighted by atomic mass is 32.1. The van der Waals surface area contributed by atoms with Gasteiger partial charge in [0.25, 0.3) is 0 Å². The number of hydrogen-bond donors (Lipinski definition) is 1. The first-order chi connectivity index (χ1) is 17.6. The first-order valence-electron chi connectivity index (χ1n) is 12.4. The van der Waals surface area contributed by atoms with E-state index in [-0.39, 0.29) is 10.8 Å². The average molecular weight is 521 g/mol. The van der Waals surface area contributed by atoms with Gasteiger partial charge in [0, 0.05) is 20.0 Å². The number of fused-ring (bicyclic) bond motifs is 1. The molecule has 8 nitrogen and oxygen atoms in total. The molecule has 4 rings (SSSR count). The lowest BCUT2D eigenvalue weighted by Gasteiger charge is -2.36. The number of carbonyl (C=O) groups excluding carboxylic acids is 2. The van der Waals surface area contributed by atoms with Gasteiger partial charge in [-0.2, -0.15) is 5.26 Å². The smallest absolute Gasteiger partial charge is 0.410 e. The van der Waals surface area contributed by atoms with Crippen molar-refractivity contribution in [2.75, 3.05) is 6.54 Å². The number of ether oxygens (including phenoxy) is 1. The fraction of sp³-hybridized carbons (Fsp3) is 0.429. The minimum Gasteiger partial charge on any atom is -0.444 e. The largest absolute Gasteiger partial charge is 0.444 e. The van der Waals surface area contributed by atoms with Crippen LogP contribution in [-0.4, -0.2) is 45.7 Å². The van der Waals surface area contributed by atoms with Gasteiger partial charge in [0.2, 0.25) is 5.91 Å². The number of aromatic nitrogens is 1. The molecule has 0 radical (unpaired) electrons. The number of nitriles is 1. The molecule has 0 bridgehead atoms. The molecule has 194 valence electrons. The van der Waals surface area contributed by atoms with E-state index in [0.29, 0.717) is 19.4 Å². The van der Waals surface area contributed by atoms with Gasteiger partial charge in [0.15, 0.2) is 0 Å². The van der Waals surface area contributed by atoms with Crippen LogP contribution in [-0.2, 0) is 23.0 Å². The molecule has 37 heavy (non-hydrogen) atoms. The maximum absolute atomic E-state index is 13.1. The van der Waals surface area contributed by atoms with Crippen LogP contribution in [0.15, 0.2) is 47.3 Å². The van der Waals surface area contributed by atoms with Gasteiger partial charge in [0.05, 0.1) is 16.3 Å². The molecule has 0 aliphatic carbocycles. The van der Waals surface area contributed by atoms with E-state index in [2.05, 4.69) is 11.4 Å². The molecule has 0 unspecified atom stereocenters. The van der Waals surface area contributed by atoms with Crippen molar-refractivity contribution in [1.82, 2.24) is 14.8 Å². The van der Waals surface area contributed by atoms with Crippen LogP contribution in [0.25, 0.3) is 21.3 Å². The van der Waals surface area contributed by atoms with Crippen molar-refractivity contribution in [2.24, 2.45) is 7.05 Å². The minimum absolute atomic E-state index is 0.00883. The van der Waals surface area contributed by atoms with Gasteiger partial charge in [-0.25, -0.2) is 4.79 Å². The van der Waals surface area contributed by atoms with E-state index >= 15 is 0 Å². The van der Waals surface area contributed by atoms with Crippen molar-refractivity contribution < 1.29 is 14.3 Å². The van der Waals surface area contributed by atoms with Crippen LogP contribution < -0.4 is 10.2 Å². The number of carbonyl (C=O) groups is 2. The molecule has 2 heterocycles. The number of aryl methyl sites for hydroxylation is 1. The van der Waals surface area contributed by atoms with Crippen LogP contribution in [0, 0.1) is 11.3 Å². The van der Waals surface area contributed by atoms with Crippen molar-refractivity contribution in [1.29, 1.82) is 5.26 Å². The van der Waals surface area contributed by atoms with Crippen molar-refractivity contribution in [3.8, 4) is 17.2 Å². The van der Waals surface area contributed by atoms with Crippen LogP contribution in [0.5, 0.6) is 0 Å². The lowest BCUT2D eigenvalue weighted by molar-refractivity contribution is -0.128. The van der Waals surface area contributed by atoms with Crippen LogP contribution in [0.2, 0.25) is 0 Å². The quantitative estimate of drug-likeness (QED) is 0.529. The monoisotopic (exact) mass is 520 g/mol. The highest BCUT2D eigenvalue weighted by Crippen LogP contribution is 2.26. The van der Waals surface area contributed by atoms with Crippen molar-refractivity contribution in [3.63, 3.8) is 0 Å². The van der Waals surface area contributed by atoms with Crippen LogP contribution >= 0.6 is 11.3 Å². The van der Waals surface area contributed by atoms with E-state index in [1.807, 2.05) is 42.5 Å². The Morgan fingerprint density at radius 1 is 1.16 bits per heavy atom. The Bertz CT molecular complexity index is 1390. The molecule has 1 N–H and O–H groups in total. The molecule has 1 saturated heterocycles. The Morgan fingerprint density at radius 2 is 1.86 bits per heavy atom. The zero-order valence-electron chi connectivity index (χ0n) is 21.6. The summed E-state index contributed by atoms with van der Waals surface area (Å²) < 4.78 is 8.07. The second kappa shape index (κ2) is 10.8. The zero-order chi connectivity index (χ0) is 26.7. The van der Waals surface area contributed by atoms with Crippen molar-refractivity contribution >= 4 is 33.6 Å². The molecule has 1 aliphatic heterocycles. The highest BCUT2D eigenvalue weighted by Gasteiger charge is 2.35. The minimum atomic E-state index is -0.723. The van der Waals surface area contributed by atoms with E-state index in [1.54, 1.807) is 32.4 Å². The Kier molecular flexibility index (Phi) is 7.69. The number of nitrogens with zero attached hydrogens (tertiary/aromatic N) is 3. The molecular weight excluding hydrogens is 488 g/mol. The summed E-state index contributed by atoms with van der Waals surface area (Å²) in [7, 11) is 1.77. The molecule has 0 saturated carbocycles. The first kappa shape index (κ1) is 26.4. The molecule has 2 atom stereocenters. The highest BCUT2D eigenvalue weighted by molar-refractivity contribution is 7.16. The number of piperidine rings is 1. The summed E-state index contributed by atoms with van der Waals surface area (Å²) in [5.74, 6) is -0.330. The molecule has 1 aromatic heterocycles. The van der Waals surface area contributed by atoms with Gasteiger partial charge in [-0.3, -0.25) is 14.5 Å². The fourth-order valence-electron chi connectivity index (χ4n) is 4.52. The Balaban J connectivity index is 1.42. The van der Waals surface area contributed by atoms with Gasteiger partial charge in [0.1, 0.15) is 17.7 Å². The Hall–Kier alpha value is -3.64. The summed E-state index contributed by atoms with van der Waals surface area (Å²) in [4.78, 5) is 39.2. The normalized spacial score (nSPS) is 16.7. The van der Waals surface area contributed by atoms with Crippen LogP contribution in [0.4, 0.5) is 4.79 Å². The maximum Gasteiger partial charge on any atom is 0.410 e. The lowest BCUT2D eigenvalue weighted by atomic mass is 9.99. The Morgan fingerprint density at radius 3 is 2.54 bits per heavy atom. The maximum atomic E-state index is 13.1. The van der Waals surface area contributed by atoms with E-state index in [4.69, 9.17) is 4.74 Å². The third-order valence-corrected chi connectivity index (χ3v) is 7.42. The van der Waals surface area contributed by atoms with Gasteiger partial charge < -0.3 is 14.6 Å². The second-order valence-corrected chi connectivity index (χ2v) is 11.4. The van der Waals surface area contributed by atoms with E-state index < -0.39 is 23.8 Å². The summed E-state index contributed by atoms with van der Waals surface area (Å²) in [5, 5.41) is 12.6. The summed E-state index contributed by atoms with van der Waals surface area (Å²) in [5.41, 5.74) is 3.18. The number of rotatable bonds is 5. The fourth-order valence-corrected chi connectivity index (χ4v) is 5.44. The lowest BCUT2D eigenvalue weighted by Crippen LogP contribution is -2.54. The van der Waals surface area contributed by atoms with Crippen LogP contribution in [0.1, 0.15) is 45.6 Å².